The predicted molar refractivity (Wildman–Crippen MR) is 124 cm³/mol. The number of rotatable bonds is 6. The van der Waals surface area contributed by atoms with E-state index in [4.69, 9.17) is 10.6 Å². The van der Waals surface area contributed by atoms with Gasteiger partial charge < -0.3 is 11.1 Å². The largest absolute Gasteiger partial charge is 0.369 e. The van der Waals surface area contributed by atoms with Crippen molar-refractivity contribution in [2.75, 3.05) is 32.7 Å². The summed E-state index contributed by atoms with van der Waals surface area (Å²) >= 11 is 0. The summed E-state index contributed by atoms with van der Waals surface area (Å²) in [6.07, 6.45) is 14.4. The lowest BCUT2D eigenvalue weighted by Gasteiger charge is -2.42. The fraction of sp³-hybridized carbons (Fsp3) is 0.958. The molecule has 32 heavy (non-hydrogen) atoms. The number of hydrogen-bond acceptors (Lipinski definition) is 7. The summed E-state index contributed by atoms with van der Waals surface area (Å²) in [6.45, 7) is 5.44. The third-order valence-electron chi connectivity index (χ3n) is 8.91. The minimum atomic E-state index is -0.133. The van der Waals surface area contributed by atoms with Crippen LogP contribution in [0.3, 0.4) is 0 Å². The van der Waals surface area contributed by atoms with Crippen LogP contribution in [0.2, 0.25) is 0 Å². The van der Waals surface area contributed by atoms with Crippen LogP contribution in [0.4, 0.5) is 0 Å². The number of likely N-dealkylation sites (tertiary alicyclic amines) is 2. The number of nitrogens with zero attached hydrogens (tertiary/aromatic N) is 2. The van der Waals surface area contributed by atoms with Crippen molar-refractivity contribution in [3.63, 3.8) is 0 Å². The fourth-order valence-electron chi connectivity index (χ4n) is 6.94. The van der Waals surface area contributed by atoms with Crippen molar-refractivity contribution >= 4 is 5.91 Å². The zero-order valence-corrected chi connectivity index (χ0v) is 19.6. The van der Waals surface area contributed by atoms with Crippen molar-refractivity contribution in [2.24, 2.45) is 23.5 Å². The standard InChI is InChI=1S/C24H44N6O2/c25-22(31)18-9-13-29(14-10-18)21-15-19(8-11-26-21)23-27-24(32-28-23)20-7-4-12-30(20)16-17-5-2-1-3-6-17/h17-21,23-24,26-28H,1-16H2,(H2,25,31)/t19?,20-,21?,23?,24?/m0/s1. The monoisotopic (exact) mass is 448 g/mol. The van der Waals surface area contributed by atoms with Crippen LogP contribution in [0.5, 0.6) is 0 Å². The summed E-state index contributed by atoms with van der Waals surface area (Å²) in [4.78, 5) is 22.9. The van der Waals surface area contributed by atoms with Gasteiger partial charge in [-0.05, 0) is 76.3 Å². The molecular weight excluding hydrogens is 404 g/mol. The lowest BCUT2D eigenvalue weighted by Crippen LogP contribution is -2.57. The Morgan fingerprint density at radius 3 is 2.56 bits per heavy atom. The first kappa shape index (κ1) is 23.0. The Morgan fingerprint density at radius 2 is 1.78 bits per heavy atom. The molecule has 0 aromatic heterocycles. The highest BCUT2D eigenvalue weighted by Crippen LogP contribution is 2.31. The van der Waals surface area contributed by atoms with Crippen molar-refractivity contribution in [1.29, 1.82) is 0 Å². The van der Waals surface area contributed by atoms with Crippen molar-refractivity contribution in [1.82, 2.24) is 25.9 Å². The minimum Gasteiger partial charge on any atom is -0.369 e. The fourth-order valence-corrected chi connectivity index (χ4v) is 6.94. The predicted octanol–water partition coefficient (Wildman–Crippen LogP) is 1.33. The topological polar surface area (TPSA) is 94.9 Å². The maximum atomic E-state index is 11.5. The van der Waals surface area contributed by atoms with Gasteiger partial charge in [0.25, 0.3) is 0 Å². The van der Waals surface area contributed by atoms with E-state index in [2.05, 4.69) is 25.9 Å². The molecule has 0 aromatic rings. The Balaban J connectivity index is 1.11. The van der Waals surface area contributed by atoms with Gasteiger partial charge in [-0.15, -0.1) is 0 Å². The highest BCUT2D eigenvalue weighted by molar-refractivity contribution is 5.76. The Kier molecular flexibility index (Phi) is 7.66. The van der Waals surface area contributed by atoms with Gasteiger partial charge in [0, 0.05) is 25.6 Å². The highest BCUT2D eigenvalue weighted by atomic mass is 16.7. The third-order valence-corrected chi connectivity index (χ3v) is 8.91. The van der Waals surface area contributed by atoms with Gasteiger partial charge in [0.2, 0.25) is 5.91 Å². The number of primary amides is 1. The van der Waals surface area contributed by atoms with Crippen LogP contribution in [-0.2, 0) is 9.63 Å². The number of nitrogens with one attached hydrogen (secondary N) is 3. The van der Waals surface area contributed by atoms with Crippen LogP contribution in [0.15, 0.2) is 0 Å². The molecule has 4 saturated heterocycles. The van der Waals surface area contributed by atoms with Gasteiger partial charge in [-0.3, -0.25) is 24.7 Å². The quantitative estimate of drug-likeness (QED) is 0.487. The van der Waals surface area contributed by atoms with Crippen molar-refractivity contribution in [3.8, 4) is 0 Å². The molecule has 1 amide bonds. The SMILES string of the molecule is NC(=O)C1CCN(C2CC(C3NOC([C@@H]4CCCN4CC4CCCCC4)N3)CCN2)CC1. The van der Waals surface area contributed by atoms with Gasteiger partial charge in [-0.1, -0.05) is 19.3 Å². The van der Waals surface area contributed by atoms with Gasteiger partial charge in [0.05, 0.1) is 18.4 Å². The molecular formula is C24H44N6O2. The van der Waals surface area contributed by atoms with E-state index in [9.17, 15) is 4.79 Å². The summed E-state index contributed by atoms with van der Waals surface area (Å²) in [5, 5.41) is 7.54. The van der Waals surface area contributed by atoms with Gasteiger partial charge in [-0.2, -0.15) is 5.48 Å². The first-order valence-corrected chi connectivity index (χ1v) is 13.4. The number of hydrogen-bond donors (Lipinski definition) is 4. The van der Waals surface area contributed by atoms with E-state index in [1.807, 2.05) is 0 Å². The highest BCUT2D eigenvalue weighted by Gasteiger charge is 2.42. The molecule has 8 heteroatoms. The Bertz CT molecular complexity index is 622. The Hall–Kier alpha value is -0.770. The van der Waals surface area contributed by atoms with E-state index in [-0.39, 0.29) is 24.2 Å². The van der Waals surface area contributed by atoms with Crippen LogP contribution in [0, 0.1) is 17.8 Å². The molecule has 1 aliphatic carbocycles. The van der Waals surface area contributed by atoms with Crippen molar-refractivity contribution in [2.45, 2.75) is 95.2 Å². The zero-order valence-electron chi connectivity index (χ0n) is 19.6. The summed E-state index contributed by atoms with van der Waals surface area (Å²) < 4.78 is 0. The molecule has 5 N–H and O–H groups in total. The Morgan fingerprint density at radius 1 is 0.969 bits per heavy atom. The second kappa shape index (κ2) is 10.7. The number of nitrogens with two attached hydrogens (primary N) is 1. The van der Waals surface area contributed by atoms with Crippen LogP contribution < -0.4 is 21.8 Å². The van der Waals surface area contributed by atoms with E-state index in [0.29, 0.717) is 18.1 Å². The zero-order chi connectivity index (χ0) is 21.9. The van der Waals surface area contributed by atoms with E-state index >= 15 is 0 Å². The molecule has 0 spiro atoms. The Labute approximate surface area is 193 Å². The van der Waals surface area contributed by atoms with E-state index in [1.54, 1.807) is 0 Å². The van der Waals surface area contributed by atoms with Crippen LogP contribution in [-0.4, -0.2) is 73.0 Å². The molecule has 1 saturated carbocycles. The molecule has 5 atom stereocenters. The molecule has 4 heterocycles. The van der Waals surface area contributed by atoms with E-state index < -0.39 is 0 Å². The third kappa shape index (κ3) is 5.31. The molecule has 8 nitrogen and oxygen atoms in total. The van der Waals surface area contributed by atoms with Gasteiger partial charge in [0.1, 0.15) is 6.23 Å². The average molecular weight is 449 g/mol. The number of piperidine rings is 2. The normalized spacial score (nSPS) is 38.9. The van der Waals surface area contributed by atoms with Gasteiger partial charge >= 0.3 is 0 Å². The first-order chi connectivity index (χ1) is 15.7. The first-order valence-electron chi connectivity index (χ1n) is 13.4. The van der Waals surface area contributed by atoms with Crippen LogP contribution >= 0.6 is 0 Å². The van der Waals surface area contributed by atoms with E-state index in [0.717, 1.165) is 51.2 Å². The van der Waals surface area contributed by atoms with Crippen LogP contribution in [0.25, 0.3) is 0 Å². The molecule has 5 aliphatic rings. The molecule has 182 valence electrons. The summed E-state index contributed by atoms with van der Waals surface area (Å²) in [6, 6.07) is 0.500. The van der Waals surface area contributed by atoms with Crippen LogP contribution in [0.1, 0.15) is 70.6 Å². The molecule has 0 bridgehead atoms. The number of hydroxylamine groups is 1. The number of carbonyl (C=O) groups excluding carboxylic acids is 1. The molecule has 0 radical (unpaired) electrons. The summed E-state index contributed by atoms with van der Waals surface area (Å²) in [7, 11) is 0. The van der Waals surface area contributed by atoms with Gasteiger partial charge in [-0.25, -0.2) is 0 Å². The van der Waals surface area contributed by atoms with Gasteiger partial charge in [0.15, 0.2) is 0 Å². The second-order valence-electron chi connectivity index (χ2n) is 11.0. The average Bonchev–Trinajstić information content (AvgIpc) is 3.49. The molecule has 5 rings (SSSR count). The smallest absolute Gasteiger partial charge is 0.220 e. The molecule has 0 aromatic carbocycles. The summed E-state index contributed by atoms with van der Waals surface area (Å²) in [5.74, 6) is 1.36. The van der Waals surface area contributed by atoms with Crippen molar-refractivity contribution < 1.29 is 9.63 Å². The maximum absolute atomic E-state index is 11.5. The molecule has 4 unspecified atom stereocenters. The second-order valence-corrected chi connectivity index (χ2v) is 11.0. The maximum Gasteiger partial charge on any atom is 0.220 e. The minimum absolute atomic E-state index is 0.0564. The molecule has 5 fully saturated rings. The number of carbonyl (C=O) groups is 1. The van der Waals surface area contributed by atoms with E-state index in [1.165, 1.54) is 58.0 Å². The molecule has 4 aliphatic heterocycles. The lowest BCUT2D eigenvalue weighted by molar-refractivity contribution is -0.123. The summed E-state index contributed by atoms with van der Waals surface area (Å²) in [5.41, 5.74) is 8.89. The number of amides is 1. The van der Waals surface area contributed by atoms with Crippen molar-refractivity contribution in [3.05, 3.63) is 0 Å². The lowest BCUT2D eigenvalue weighted by atomic mass is 9.88.